The molecule has 0 aliphatic rings. The maximum Gasteiger partial charge on any atom is 0.242 e. The quantitative estimate of drug-likeness (QED) is 0.828. The zero-order valence-electron chi connectivity index (χ0n) is 15.5. The molecule has 0 aliphatic carbocycles. The highest BCUT2D eigenvalue weighted by Gasteiger charge is 2.28. The molecule has 1 atom stereocenters. The van der Waals surface area contributed by atoms with E-state index in [1.54, 1.807) is 24.1 Å². The second-order valence-electron chi connectivity index (χ2n) is 6.29. The number of hydrogen-bond acceptors (Lipinski definition) is 2. The molecule has 0 heterocycles. The van der Waals surface area contributed by atoms with Crippen molar-refractivity contribution in [1.82, 2.24) is 10.2 Å². The first-order valence-electron chi connectivity index (χ1n) is 8.76. The highest BCUT2D eigenvalue weighted by atomic mass is 19.1. The number of amides is 2. The molecule has 1 unspecified atom stereocenters. The fourth-order valence-electron chi connectivity index (χ4n) is 2.94. The Hall–Kier alpha value is -2.69. The van der Waals surface area contributed by atoms with Crippen LogP contribution in [0.25, 0.3) is 0 Å². The number of likely N-dealkylation sites (N-methyl/N-ethyl adjacent to an activating group) is 1. The van der Waals surface area contributed by atoms with Crippen molar-refractivity contribution in [3.05, 3.63) is 71.0 Å². The van der Waals surface area contributed by atoms with Crippen molar-refractivity contribution in [3.8, 4) is 0 Å². The van der Waals surface area contributed by atoms with Crippen LogP contribution >= 0.6 is 0 Å². The Bertz CT molecular complexity index is 759. The number of aryl methyl sites for hydroxylation is 1. The number of carbonyl (C=O) groups is 2. The van der Waals surface area contributed by atoms with Gasteiger partial charge in [-0.25, -0.2) is 4.39 Å². The first-order valence-corrected chi connectivity index (χ1v) is 8.76. The summed E-state index contributed by atoms with van der Waals surface area (Å²) in [6.07, 6.45) is 0.639. The summed E-state index contributed by atoms with van der Waals surface area (Å²) in [6, 6.07) is 13.1. The van der Waals surface area contributed by atoms with Crippen molar-refractivity contribution in [2.45, 2.75) is 39.3 Å². The average molecular weight is 356 g/mol. The summed E-state index contributed by atoms with van der Waals surface area (Å²) in [5.41, 5.74) is 2.79. The number of halogens is 1. The molecule has 5 heteroatoms. The number of benzene rings is 2. The highest BCUT2D eigenvalue weighted by Crippen LogP contribution is 2.17. The Labute approximate surface area is 154 Å². The third-order valence-electron chi connectivity index (χ3n) is 4.50. The molecule has 26 heavy (non-hydrogen) atoms. The molecule has 0 aromatic heterocycles. The number of nitrogens with one attached hydrogen (secondary N) is 1. The molecule has 0 radical (unpaired) electrons. The van der Waals surface area contributed by atoms with Crippen molar-refractivity contribution in [3.63, 3.8) is 0 Å². The van der Waals surface area contributed by atoms with Crippen LogP contribution in [0.3, 0.4) is 0 Å². The molecule has 138 valence electrons. The second kappa shape index (κ2) is 9.13. The molecule has 0 saturated carbocycles. The van der Waals surface area contributed by atoms with Gasteiger partial charge in [0.2, 0.25) is 11.8 Å². The van der Waals surface area contributed by atoms with Gasteiger partial charge in [-0.15, -0.1) is 0 Å². The van der Waals surface area contributed by atoms with Gasteiger partial charge in [-0.05, 0) is 42.2 Å². The molecular weight excluding hydrogens is 331 g/mol. The first kappa shape index (κ1) is 19.6. The third kappa shape index (κ3) is 4.91. The Morgan fingerprint density at radius 1 is 1.12 bits per heavy atom. The lowest BCUT2D eigenvalue weighted by atomic mass is 10.0. The van der Waals surface area contributed by atoms with Gasteiger partial charge in [0.15, 0.2) is 0 Å². The fraction of sp³-hybridized carbons (Fsp3) is 0.333. The number of hydrogen-bond donors (Lipinski definition) is 1. The van der Waals surface area contributed by atoms with Crippen LogP contribution in [-0.2, 0) is 22.6 Å². The van der Waals surface area contributed by atoms with E-state index in [2.05, 4.69) is 5.32 Å². The van der Waals surface area contributed by atoms with E-state index in [1.165, 1.54) is 12.1 Å². The van der Waals surface area contributed by atoms with Gasteiger partial charge in [-0.2, -0.15) is 0 Å². The Morgan fingerprint density at radius 2 is 1.77 bits per heavy atom. The molecule has 2 aromatic carbocycles. The van der Waals surface area contributed by atoms with Gasteiger partial charge in [-0.1, -0.05) is 43.3 Å². The second-order valence-corrected chi connectivity index (χ2v) is 6.29. The molecule has 0 fully saturated rings. The molecule has 0 bridgehead atoms. The minimum atomic E-state index is -0.549. The number of nitrogens with zero attached hydrogens (tertiary/aromatic N) is 1. The fourth-order valence-corrected chi connectivity index (χ4v) is 2.94. The van der Waals surface area contributed by atoms with Crippen LogP contribution in [0, 0.1) is 12.7 Å². The lowest BCUT2D eigenvalue weighted by molar-refractivity contribution is -0.140. The zero-order valence-corrected chi connectivity index (χ0v) is 15.5. The van der Waals surface area contributed by atoms with Gasteiger partial charge in [0.05, 0.1) is 6.42 Å². The van der Waals surface area contributed by atoms with Gasteiger partial charge in [0, 0.05) is 13.6 Å². The van der Waals surface area contributed by atoms with E-state index in [-0.39, 0.29) is 24.1 Å². The summed E-state index contributed by atoms with van der Waals surface area (Å²) in [7, 11) is 1.57. The summed E-state index contributed by atoms with van der Waals surface area (Å²) in [5.74, 6) is -0.682. The summed E-state index contributed by atoms with van der Waals surface area (Å²) >= 11 is 0. The molecule has 2 amide bonds. The molecule has 2 aromatic rings. The minimum absolute atomic E-state index is 0.125. The molecule has 0 spiro atoms. The van der Waals surface area contributed by atoms with Crippen molar-refractivity contribution < 1.29 is 14.0 Å². The van der Waals surface area contributed by atoms with Gasteiger partial charge < -0.3 is 10.2 Å². The van der Waals surface area contributed by atoms with Crippen LogP contribution < -0.4 is 5.32 Å². The molecule has 4 nitrogen and oxygen atoms in total. The maximum absolute atomic E-state index is 13.1. The standard InChI is InChI=1S/C21H25FN2O2/c1-4-19(21(26)23-3)24(14-17-8-6-5-7-15(17)2)20(25)13-16-9-11-18(22)12-10-16/h5-12,19H,4,13-14H2,1-3H3,(H,23,26). The van der Waals surface area contributed by atoms with Gasteiger partial charge >= 0.3 is 0 Å². The van der Waals surface area contributed by atoms with Crippen LogP contribution in [0.4, 0.5) is 4.39 Å². The van der Waals surface area contributed by atoms with Crippen molar-refractivity contribution in [2.75, 3.05) is 7.05 Å². The minimum Gasteiger partial charge on any atom is -0.357 e. The highest BCUT2D eigenvalue weighted by molar-refractivity contribution is 5.88. The first-order chi connectivity index (χ1) is 12.5. The smallest absolute Gasteiger partial charge is 0.242 e. The predicted octanol–water partition coefficient (Wildman–Crippen LogP) is 3.23. The monoisotopic (exact) mass is 356 g/mol. The van der Waals surface area contributed by atoms with E-state index in [9.17, 15) is 14.0 Å². The average Bonchev–Trinajstić information content (AvgIpc) is 2.64. The molecule has 1 N–H and O–H groups in total. The van der Waals surface area contributed by atoms with Crippen molar-refractivity contribution in [1.29, 1.82) is 0 Å². The summed E-state index contributed by atoms with van der Waals surface area (Å²) in [5, 5.41) is 2.64. The van der Waals surface area contributed by atoms with E-state index < -0.39 is 6.04 Å². The lowest BCUT2D eigenvalue weighted by Crippen LogP contribution is -2.48. The van der Waals surface area contributed by atoms with E-state index in [0.29, 0.717) is 13.0 Å². The maximum atomic E-state index is 13.1. The Balaban J connectivity index is 2.29. The largest absolute Gasteiger partial charge is 0.357 e. The topological polar surface area (TPSA) is 49.4 Å². The van der Waals surface area contributed by atoms with Gasteiger partial charge in [0.1, 0.15) is 11.9 Å². The summed E-state index contributed by atoms with van der Waals surface area (Å²) in [6.45, 7) is 4.23. The van der Waals surface area contributed by atoms with E-state index >= 15 is 0 Å². The van der Waals surface area contributed by atoms with Crippen LogP contribution in [-0.4, -0.2) is 29.8 Å². The normalized spacial score (nSPS) is 11.7. The molecule has 2 rings (SSSR count). The van der Waals surface area contributed by atoms with Gasteiger partial charge in [-0.3, -0.25) is 9.59 Å². The molecular formula is C21H25FN2O2. The Morgan fingerprint density at radius 3 is 2.35 bits per heavy atom. The van der Waals surface area contributed by atoms with E-state index in [1.807, 2.05) is 38.1 Å². The summed E-state index contributed by atoms with van der Waals surface area (Å²) in [4.78, 5) is 26.9. The Kier molecular flexibility index (Phi) is 6.89. The predicted molar refractivity (Wildman–Crippen MR) is 100.0 cm³/mol. The van der Waals surface area contributed by atoms with E-state index in [4.69, 9.17) is 0 Å². The molecule has 0 aliphatic heterocycles. The molecule has 0 saturated heterocycles. The summed E-state index contributed by atoms with van der Waals surface area (Å²) < 4.78 is 13.1. The number of rotatable bonds is 7. The van der Waals surface area contributed by atoms with Crippen LogP contribution in [0.5, 0.6) is 0 Å². The SMILES string of the molecule is CCC(C(=O)NC)N(Cc1ccccc1C)C(=O)Cc1ccc(F)cc1. The third-order valence-corrected chi connectivity index (χ3v) is 4.50. The van der Waals surface area contributed by atoms with Crippen LogP contribution in [0.15, 0.2) is 48.5 Å². The van der Waals surface area contributed by atoms with Crippen molar-refractivity contribution >= 4 is 11.8 Å². The van der Waals surface area contributed by atoms with Gasteiger partial charge in [0.25, 0.3) is 0 Å². The lowest BCUT2D eigenvalue weighted by Gasteiger charge is -2.31. The van der Waals surface area contributed by atoms with Crippen molar-refractivity contribution in [2.24, 2.45) is 0 Å². The van der Waals surface area contributed by atoms with Crippen LogP contribution in [0.2, 0.25) is 0 Å². The van der Waals surface area contributed by atoms with Crippen LogP contribution in [0.1, 0.15) is 30.0 Å². The van der Waals surface area contributed by atoms with E-state index in [0.717, 1.165) is 16.7 Å². The zero-order chi connectivity index (χ0) is 19.1. The number of carbonyl (C=O) groups excluding carboxylic acids is 2.